The van der Waals surface area contributed by atoms with Crippen molar-refractivity contribution in [2.24, 2.45) is 5.16 Å². The number of anilines is 1. The van der Waals surface area contributed by atoms with Crippen molar-refractivity contribution in [2.45, 2.75) is 44.8 Å². The number of benzene rings is 2. The number of rotatable bonds is 4. The molecular weight excluding hydrogens is 378 g/mol. The molecule has 5 rings (SSSR count). The van der Waals surface area contributed by atoms with Crippen LogP contribution in [0.5, 0.6) is 0 Å². The Morgan fingerprint density at radius 2 is 1.87 bits per heavy atom. The Hall–Kier alpha value is -3.48. The summed E-state index contributed by atoms with van der Waals surface area (Å²) in [5.41, 5.74) is 3.42. The first kappa shape index (κ1) is 18.5. The van der Waals surface area contributed by atoms with Gasteiger partial charge in [0.15, 0.2) is 5.82 Å². The van der Waals surface area contributed by atoms with Crippen LogP contribution >= 0.6 is 0 Å². The number of carbonyl (C=O) groups excluding carboxylic acids is 1. The van der Waals surface area contributed by atoms with Crippen LogP contribution in [-0.4, -0.2) is 32.5 Å². The molecule has 0 bridgehead atoms. The van der Waals surface area contributed by atoms with Gasteiger partial charge in [-0.3, -0.25) is 4.79 Å². The third-order valence-corrected chi connectivity index (χ3v) is 5.57. The molecule has 1 amide bonds. The zero-order chi connectivity index (χ0) is 20.3. The van der Waals surface area contributed by atoms with E-state index in [1.807, 2.05) is 54.6 Å². The van der Waals surface area contributed by atoms with Crippen LogP contribution in [0.4, 0.5) is 5.69 Å². The molecule has 3 heterocycles. The first-order chi connectivity index (χ1) is 14.8. The second-order valence-electron chi connectivity index (χ2n) is 7.67. The highest BCUT2D eigenvalue weighted by Crippen LogP contribution is 2.25. The molecule has 0 spiro atoms. The van der Waals surface area contributed by atoms with Gasteiger partial charge >= 0.3 is 0 Å². The normalized spacial score (nSPS) is 18.1. The summed E-state index contributed by atoms with van der Waals surface area (Å²) in [6.45, 7) is 0.934. The van der Waals surface area contributed by atoms with Gasteiger partial charge < -0.3 is 14.7 Å². The number of aromatic nitrogens is 3. The van der Waals surface area contributed by atoms with Crippen molar-refractivity contribution in [1.82, 2.24) is 14.8 Å². The minimum absolute atomic E-state index is 0.207. The third-order valence-electron chi connectivity index (χ3n) is 5.57. The van der Waals surface area contributed by atoms with Crippen molar-refractivity contribution < 1.29 is 9.63 Å². The summed E-state index contributed by atoms with van der Waals surface area (Å²) in [6.07, 6.45) is 4.29. The maximum atomic E-state index is 12.7. The van der Waals surface area contributed by atoms with Crippen LogP contribution < -0.4 is 5.32 Å². The van der Waals surface area contributed by atoms with E-state index in [2.05, 4.69) is 25.2 Å². The summed E-state index contributed by atoms with van der Waals surface area (Å²) in [5.74, 6) is 1.69. The van der Waals surface area contributed by atoms with Crippen LogP contribution in [0.3, 0.4) is 0 Å². The Bertz CT molecular complexity index is 1090. The molecule has 2 aromatic carbocycles. The average molecular weight is 401 g/mol. The van der Waals surface area contributed by atoms with Gasteiger partial charge in [-0.15, -0.1) is 10.2 Å². The van der Waals surface area contributed by atoms with Gasteiger partial charge in [0.1, 0.15) is 5.82 Å². The second kappa shape index (κ2) is 8.10. The highest BCUT2D eigenvalue weighted by molar-refractivity contribution is 6.06. The highest BCUT2D eigenvalue weighted by atomic mass is 16.6. The molecular formula is C23H23N5O2. The van der Waals surface area contributed by atoms with E-state index < -0.39 is 6.10 Å². The average Bonchev–Trinajstić information content (AvgIpc) is 3.37. The molecule has 2 aliphatic heterocycles. The molecule has 0 radical (unpaired) electrons. The smallest absolute Gasteiger partial charge is 0.268 e. The fourth-order valence-electron chi connectivity index (χ4n) is 3.98. The van der Waals surface area contributed by atoms with Crippen molar-refractivity contribution in [1.29, 1.82) is 0 Å². The van der Waals surface area contributed by atoms with Crippen LogP contribution in [0.2, 0.25) is 0 Å². The Morgan fingerprint density at radius 1 is 1.00 bits per heavy atom. The van der Waals surface area contributed by atoms with Crippen LogP contribution in [0.25, 0.3) is 11.4 Å². The largest absolute Gasteiger partial charge is 0.382 e. The molecule has 0 saturated heterocycles. The molecule has 152 valence electrons. The number of oxime groups is 1. The van der Waals surface area contributed by atoms with Gasteiger partial charge in [-0.05, 0) is 30.5 Å². The molecule has 3 aromatic rings. The van der Waals surface area contributed by atoms with Gasteiger partial charge in [0.25, 0.3) is 5.91 Å². The molecule has 0 saturated carbocycles. The predicted molar refractivity (Wildman–Crippen MR) is 114 cm³/mol. The molecule has 1 N–H and O–H groups in total. The van der Waals surface area contributed by atoms with E-state index in [1.54, 1.807) is 0 Å². The van der Waals surface area contributed by atoms with Gasteiger partial charge in [0, 0.05) is 30.6 Å². The quantitative estimate of drug-likeness (QED) is 0.721. The Morgan fingerprint density at radius 3 is 2.77 bits per heavy atom. The minimum Gasteiger partial charge on any atom is -0.382 e. The van der Waals surface area contributed by atoms with Gasteiger partial charge in [0.05, 0.1) is 5.71 Å². The van der Waals surface area contributed by atoms with Crippen molar-refractivity contribution in [3.63, 3.8) is 0 Å². The van der Waals surface area contributed by atoms with Crippen LogP contribution in [0.1, 0.15) is 37.1 Å². The van der Waals surface area contributed by atoms with Gasteiger partial charge in [-0.1, -0.05) is 54.0 Å². The fraction of sp³-hybridized carbons (Fsp3) is 0.304. The lowest BCUT2D eigenvalue weighted by Crippen LogP contribution is -2.28. The molecule has 2 aliphatic rings. The molecule has 0 aliphatic carbocycles. The molecule has 7 nitrogen and oxygen atoms in total. The number of fused-ring (bicyclic) bond motifs is 1. The summed E-state index contributed by atoms with van der Waals surface area (Å²) < 4.78 is 2.20. The van der Waals surface area contributed by atoms with E-state index in [0.717, 1.165) is 54.3 Å². The number of nitrogens with one attached hydrogen (secondary N) is 1. The topological polar surface area (TPSA) is 81.4 Å². The second-order valence-corrected chi connectivity index (χ2v) is 7.67. The number of hydrogen-bond donors (Lipinski definition) is 1. The van der Waals surface area contributed by atoms with Gasteiger partial charge in [-0.2, -0.15) is 0 Å². The van der Waals surface area contributed by atoms with E-state index in [-0.39, 0.29) is 5.91 Å². The molecule has 30 heavy (non-hydrogen) atoms. The summed E-state index contributed by atoms with van der Waals surface area (Å²) in [6, 6.07) is 17.5. The summed E-state index contributed by atoms with van der Waals surface area (Å²) in [4.78, 5) is 18.1. The van der Waals surface area contributed by atoms with Gasteiger partial charge in [-0.25, -0.2) is 0 Å². The van der Waals surface area contributed by atoms with E-state index in [4.69, 9.17) is 4.84 Å². The number of amides is 1. The highest BCUT2D eigenvalue weighted by Gasteiger charge is 2.29. The molecule has 0 fully saturated rings. The molecule has 1 aromatic heterocycles. The van der Waals surface area contributed by atoms with E-state index in [0.29, 0.717) is 12.1 Å². The van der Waals surface area contributed by atoms with Crippen molar-refractivity contribution >= 4 is 17.3 Å². The van der Waals surface area contributed by atoms with Crippen molar-refractivity contribution in [3.05, 3.63) is 66.0 Å². The van der Waals surface area contributed by atoms with Crippen LogP contribution in [-0.2, 0) is 22.6 Å². The first-order valence-corrected chi connectivity index (χ1v) is 10.4. The molecule has 1 atom stereocenters. The molecule has 1 unspecified atom stereocenters. The van der Waals surface area contributed by atoms with E-state index in [9.17, 15) is 4.79 Å². The zero-order valence-corrected chi connectivity index (χ0v) is 16.6. The van der Waals surface area contributed by atoms with E-state index in [1.165, 1.54) is 6.42 Å². The predicted octanol–water partition coefficient (Wildman–Crippen LogP) is 3.80. The summed E-state index contributed by atoms with van der Waals surface area (Å²) >= 11 is 0. The monoisotopic (exact) mass is 401 g/mol. The first-order valence-electron chi connectivity index (χ1n) is 10.4. The summed E-state index contributed by atoms with van der Waals surface area (Å²) in [5, 5.41) is 15.8. The van der Waals surface area contributed by atoms with E-state index >= 15 is 0 Å². The Labute approximate surface area is 174 Å². The number of hydrogen-bond acceptors (Lipinski definition) is 5. The van der Waals surface area contributed by atoms with Crippen LogP contribution in [0, 0.1) is 0 Å². The third kappa shape index (κ3) is 3.70. The van der Waals surface area contributed by atoms with Crippen molar-refractivity contribution in [2.75, 3.05) is 5.32 Å². The van der Waals surface area contributed by atoms with Crippen molar-refractivity contribution in [3.8, 4) is 11.4 Å². The lowest BCUT2D eigenvalue weighted by molar-refractivity contribution is -0.125. The standard InChI is InChI=1S/C23H23N5O2/c29-23(20-15-19(27-30-20)16-8-3-1-4-9-16)24-18-11-7-10-17(14-18)22-26-25-21-12-5-2-6-13-28(21)22/h1,3-4,7-11,14,20H,2,5-6,12-13,15H2,(H,24,29). The number of aryl methyl sites for hydroxylation is 1. The Kier molecular flexibility index (Phi) is 5.01. The maximum Gasteiger partial charge on any atom is 0.268 e. The lowest BCUT2D eigenvalue weighted by Gasteiger charge is -2.11. The zero-order valence-electron chi connectivity index (χ0n) is 16.6. The maximum absolute atomic E-state index is 12.7. The fourth-order valence-corrected chi connectivity index (χ4v) is 3.98. The lowest BCUT2D eigenvalue weighted by atomic mass is 10.0. The SMILES string of the molecule is O=C(Nc1cccc(-c2nnc3n2CCCCC3)c1)C1CC(c2ccccc2)=NO1. The minimum atomic E-state index is -0.631. The number of nitrogens with zero attached hydrogens (tertiary/aromatic N) is 4. The molecule has 7 heteroatoms. The Balaban J connectivity index is 1.29. The van der Waals surface area contributed by atoms with Gasteiger partial charge in [0.2, 0.25) is 6.10 Å². The summed E-state index contributed by atoms with van der Waals surface area (Å²) in [7, 11) is 0. The van der Waals surface area contributed by atoms with Crippen LogP contribution in [0.15, 0.2) is 59.8 Å². The number of carbonyl (C=O) groups is 1.